The molecule has 4 nitrogen and oxygen atoms in total. The van der Waals surface area contributed by atoms with Gasteiger partial charge in [0.05, 0.1) is 12.1 Å². The van der Waals surface area contributed by atoms with Gasteiger partial charge in [-0.15, -0.1) is 0 Å². The lowest BCUT2D eigenvalue weighted by Crippen LogP contribution is -2.52. The summed E-state index contributed by atoms with van der Waals surface area (Å²) < 4.78 is 5.81. The minimum absolute atomic E-state index is 0.119. The zero-order valence-corrected chi connectivity index (χ0v) is 26.2. The van der Waals surface area contributed by atoms with E-state index in [9.17, 15) is 0 Å². The Morgan fingerprint density at radius 1 is 0.930 bits per heavy atom. The van der Waals surface area contributed by atoms with Crippen LogP contribution in [0.5, 0.6) is 0 Å². The molecule has 4 aliphatic rings. The highest BCUT2D eigenvalue weighted by atomic mass is 32.2. The zero-order chi connectivity index (χ0) is 29.6. The molecule has 1 amide bonds. The average Bonchev–Trinajstić information content (AvgIpc) is 3.79. The molecule has 0 N–H and O–H groups in total. The Morgan fingerprint density at radius 3 is 2.26 bits per heavy atom. The van der Waals surface area contributed by atoms with Gasteiger partial charge in [-0.05, 0) is 93.2 Å². The van der Waals surface area contributed by atoms with E-state index < -0.39 is 5.54 Å². The third kappa shape index (κ3) is 4.93. The van der Waals surface area contributed by atoms with E-state index in [1.165, 1.54) is 24.0 Å². The van der Waals surface area contributed by atoms with Gasteiger partial charge in [-0.3, -0.25) is 9.69 Å². The lowest BCUT2D eigenvalue weighted by atomic mass is 9.61. The Kier molecular flexibility index (Phi) is 7.48. The second-order valence-corrected chi connectivity index (χ2v) is 14.2. The molecule has 3 aliphatic carbocycles. The van der Waals surface area contributed by atoms with Gasteiger partial charge >= 0.3 is 0 Å². The number of benzene rings is 3. The highest BCUT2D eigenvalue weighted by molar-refractivity contribution is 8.14. The van der Waals surface area contributed by atoms with Crippen LogP contribution in [0, 0.1) is 23.2 Å². The fraction of sp³-hybridized carbons (Fsp3) is 0.421. The monoisotopic (exact) mass is 588 g/mol. The summed E-state index contributed by atoms with van der Waals surface area (Å²) in [7, 11) is 1.81. The number of hydrogen-bond donors (Lipinski definition) is 0. The molecule has 0 saturated heterocycles. The zero-order valence-electron chi connectivity index (χ0n) is 25.4. The number of nitrogens with zero attached hydrogens (tertiary/aromatic N) is 2. The highest BCUT2D eigenvalue weighted by Gasteiger charge is 2.67. The van der Waals surface area contributed by atoms with Crippen LogP contribution in [-0.2, 0) is 21.5 Å². The Bertz CT molecular complexity index is 1600. The standard InChI is InChI=1S/C38H40N2O2S/c1-26(30-10-6-4-7-11-30)40-35(41)38(39-36(40)43-27(2)31-12-8-5-9-13-31)34-24-29(17-16-28-14-15-28)18-19-32(34)25-37(38)22-20-33(42-3)21-23-37/h4-13,18-19,24,26-28,33H,14-15,20-23,25H2,1-3H3. The summed E-state index contributed by atoms with van der Waals surface area (Å²) in [4.78, 5) is 23.1. The van der Waals surface area contributed by atoms with Crippen LogP contribution in [0.25, 0.3) is 0 Å². The fourth-order valence-electron chi connectivity index (χ4n) is 7.54. The predicted octanol–water partition coefficient (Wildman–Crippen LogP) is 8.23. The van der Waals surface area contributed by atoms with Crippen LogP contribution in [0.4, 0.5) is 0 Å². The van der Waals surface area contributed by atoms with Crippen molar-refractivity contribution in [2.45, 2.75) is 81.7 Å². The molecule has 3 unspecified atom stereocenters. The average molecular weight is 589 g/mol. The lowest BCUT2D eigenvalue weighted by molar-refractivity contribution is -0.139. The van der Waals surface area contributed by atoms with Gasteiger partial charge < -0.3 is 4.74 Å². The maximum Gasteiger partial charge on any atom is 0.262 e. The molecule has 3 aromatic carbocycles. The molecule has 43 heavy (non-hydrogen) atoms. The number of thioether (sulfide) groups is 1. The summed E-state index contributed by atoms with van der Waals surface area (Å²) in [6.45, 7) is 4.37. The number of aliphatic imine (C=N–C) groups is 1. The fourth-order valence-corrected chi connectivity index (χ4v) is 8.69. The number of carbonyl (C=O) groups is 1. The first-order valence-corrected chi connectivity index (χ1v) is 16.7. The molecule has 1 heterocycles. The van der Waals surface area contributed by atoms with Gasteiger partial charge in [0.25, 0.3) is 5.91 Å². The van der Waals surface area contributed by atoms with Gasteiger partial charge in [0.1, 0.15) is 0 Å². The molecule has 3 aromatic rings. The van der Waals surface area contributed by atoms with Crippen molar-refractivity contribution in [1.29, 1.82) is 0 Å². The molecular formula is C38H40N2O2S. The molecule has 0 aromatic heterocycles. The molecule has 2 saturated carbocycles. The van der Waals surface area contributed by atoms with Crippen molar-refractivity contribution in [2.75, 3.05) is 7.11 Å². The quantitative estimate of drug-likeness (QED) is 0.282. The number of hydrogen-bond acceptors (Lipinski definition) is 4. The second-order valence-electron chi connectivity index (χ2n) is 12.8. The van der Waals surface area contributed by atoms with Crippen LogP contribution in [0.1, 0.15) is 91.5 Å². The number of amides is 1. The molecule has 0 bridgehead atoms. The van der Waals surface area contributed by atoms with Crippen molar-refractivity contribution in [2.24, 2.45) is 16.3 Å². The Morgan fingerprint density at radius 2 is 1.60 bits per heavy atom. The second kappa shape index (κ2) is 11.3. The van der Waals surface area contributed by atoms with Crippen molar-refractivity contribution in [3.05, 3.63) is 107 Å². The van der Waals surface area contributed by atoms with Crippen LogP contribution in [0.15, 0.2) is 83.9 Å². The van der Waals surface area contributed by atoms with E-state index in [-0.39, 0.29) is 28.7 Å². The van der Waals surface area contributed by atoms with Gasteiger partial charge in [-0.1, -0.05) is 90.3 Å². The van der Waals surface area contributed by atoms with Crippen molar-refractivity contribution in [3.8, 4) is 11.8 Å². The number of fused-ring (bicyclic) bond motifs is 3. The summed E-state index contributed by atoms with van der Waals surface area (Å²) in [5, 5.41) is 0.971. The van der Waals surface area contributed by atoms with E-state index in [0.29, 0.717) is 5.92 Å². The van der Waals surface area contributed by atoms with Gasteiger partial charge in [-0.2, -0.15) is 0 Å². The van der Waals surface area contributed by atoms with E-state index >= 15 is 4.79 Å². The molecule has 2 spiro atoms. The lowest BCUT2D eigenvalue weighted by Gasteiger charge is -2.45. The maximum atomic E-state index is 15.4. The minimum atomic E-state index is -0.958. The van der Waals surface area contributed by atoms with Crippen LogP contribution in [-0.4, -0.2) is 29.2 Å². The van der Waals surface area contributed by atoms with Crippen LogP contribution >= 0.6 is 11.8 Å². The van der Waals surface area contributed by atoms with Gasteiger partial charge in [0.2, 0.25) is 0 Å². The van der Waals surface area contributed by atoms with E-state index in [2.05, 4.69) is 98.5 Å². The van der Waals surface area contributed by atoms with Crippen molar-refractivity contribution in [1.82, 2.24) is 4.90 Å². The normalized spacial score (nSPS) is 27.5. The molecule has 7 rings (SSSR count). The topological polar surface area (TPSA) is 41.9 Å². The molecular weight excluding hydrogens is 548 g/mol. The number of methoxy groups -OCH3 is 1. The van der Waals surface area contributed by atoms with Crippen LogP contribution < -0.4 is 0 Å². The van der Waals surface area contributed by atoms with Gasteiger partial charge in [-0.25, -0.2) is 4.99 Å². The molecule has 1 aliphatic heterocycles. The molecule has 0 radical (unpaired) electrons. The first-order chi connectivity index (χ1) is 20.9. The van der Waals surface area contributed by atoms with Gasteiger partial charge in [0, 0.05) is 29.3 Å². The number of carbonyl (C=O) groups excluding carboxylic acids is 1. The highest BCUT2D eigenvalue weighted by Crippen LogP contribution is 2.63. The summed E-state index contributed by atoms with van der Waals surface area (Å²) in [5.74, 6) is 7.52. The molecule has 3 atom stereocenters. The molecule has 5 heteroatoms. The molecule has 2 fully saturated rings. The Hall–Kier alpha value is -3.33. The SMILES string of the molecule is COC1CCC2(CC1)Cc1ccc(C#CC3CC3)cc1C21N=C(SC(C)c2ccccc2)N(C(C)c2ccccc2)C1=O. The van der Waals surface area contributed by atoms with Crippen LogP contribution in [0.2, 0.25) is 0 Å². The minimum Gasteiger partial charge on any atom is -0.381 e. The molecule has 220 valence electrons. The Balaban J connectivity index is 1.38. The largest absolute Gasteiger partial charge is 0.381 e. The van der Waals surface area contributed by atoms with E-state index in [4.69, 9.17) is 9.73 Å². The number of amidine groups is 1. The van der Waals surface area contributed by atoms with E-state index in [1.54, 1.807) is 11.8 Å². The van der Waals surface area contributed by atoms with E-state index in [1.807, 2.05) is 18.1 Å². The van der Waals surface area contributed by atoms with Crippen molar-refractivity contribution in [3.63, 3.8) is 0 Å². The van der Waals surface area contributed by atoms with Crippen molar-refractivity contribution < 1.29 is 9.53 Å². The first-order valence-electron chi connectivity index (χ1n) is 15.8. The third-order valence-corrected chi connectivity index (χ3v) is 11.4. The van der Waals surface area contributed by atoms with Gasteiger partial charge in [0.15, 0.2) is 10.7 Å². The Labute approximate surface area is 260 Å². The smallest absolute Gasteiger partial charge is 0.262 e. The maximum absolute atomic E-state index is 15.4. The summed E-state index contributed by atoms with van der Waals surface area (Å²) in [5.41, 5.74) is 4.43. The van der Waals surface area contributed by atoms with Crippen LogP contribution in [0.3, 0.4) is 0 Å². The number of rotatable bonds is 5. The predicted molar refractivity (Wildman–Crippen MR) is 175 cm³/mol. The first kappa shape index (κ1) is 28.4. The summed E-state index contributed by atoms with van der Waals surface area (Å²) in [6, 6.07) is 27.4. The number of ether oxygens (including phenoxy) is 1. The summed E-state index contributed by atoms with van der Waals surface area (Å²) in [6.07, 6.45) is 7.21. The van der Waals surface area contributed by atoms with Crippen molar-refractivity contribution >= 4 is 22.8 Å². The van der Waals surface area contributed by atoms with E-state index in [0.717, 1.165) is 54.0 Å². The summed E-state index contributed by atoms with van der Waals surface area (Å²) >= 11 is 1.71. The third-order valence-electron chi connectivity index (χ3n) is 10.2.